The molecule has 0 saturated heterocycles. The van der Waals surface area contributed by atoms with E-state index < -0.39 is 0 Å². The fourth-order valence-electron chi connectivity index (χ4n) is 2.12. The van der Waals surface area contributed by atoms with Crippen molar-refractivity contribution in [3.8, 4) is 0 Å². The predicted octanol–water partition coefficient (Wildman–Crippen LogP) is 3.25. The Morgan fingerprint density at radius 2 is 2.05 bits per heavy atom. The average molecular weight is 290 g/mol. The Morgan fingerprint density at radius 1 is 1.32 bits per heavy atom. The lowest BCUT2D eigenvalue weighted by Gasteiger charge is -2.23. The zero-order chi connectivity index (χ0) is 13.7. The number of benzene rings is 1. The second kappa shape index (κ2) is 6.80. The lowest BCUT2D eigenvalue weighted by Crippen LogP contribution is -2.31. The summed E-state index contributed by atoms with van der Waals surface area (Å²) in [5.74, 6) is 0.111. The Morgan fingerprint density at radius 3 is 2.63 bits per heavy atom. The van der Waals surface area contributed by atoms with Crippen molar-refractivity contribution in [2.45, 2.75) is 12.5 Å². The van der Waals surface area contributed by atoms with Crippen LogP contribution in [0.2, 0.25) is 0 Å². The van der Waals surface area contributed by atoms with E-state index in [2.05, 4.69) is 40.9 Å². The van der Waals surface area contributed by atoms with Crippen LogP contribution in [0.25, 0.3) is 0 Å². The summed E-state index contributed by atoms with van der Waals surface area (Å²) in [6.45, 7) is 1.77. The first-order valence-electron chi connectivity index (χ1n) is 6.20. The maximum absolute atomic E-state index is 5.90. The molecular weight excluding hydrogens is 272 g/mol. The van der Waals surface area contributed by atoms with Gasteiger partial charge in [-0.15, -0.1) is 0 Å². The van der Waals surface area contributed by atoms with E-state index in [1.54, 1.807) is 11.3 Å². The summed E-state index contributed by atoms with van der Waals surface area (Å²) >= 11 is 6.94. The molecule has 2 aromatic rings. The third-order valence-corrected chi connectivity index (χ3v) is 4.09. The van der Waals surface area contributed by atoms with Gasteiger partial charge in [0.25, 0.3) is 0 Å². The Balaban J connectivity index is 2.03. The Labute approximate surface area is 123 Å². The maximum Gasteiger partial charge on any atom is 0.0816 e. The molecule has 0 aliphatic carbocycles. The van der Waals surface area contributed by atoms with Crippen LogP contribution in [0, 0.1) is 0 Å². The van der Waals surface area contributed by atoms with E-state index in [1.165, 1.54) is 11.1 Å². The first kappa shape index (κ1) is 14.2. The van der Waals surface area contributed by atoms with E-state index >= 15 is 0 Å². The fourth-order valence-corrected chi connectivity index (χ4v) is 2.99. The number of nitrogens with two attached hydrogens (primary N) is 1. The molecule has 1 heterocycles. The van der Waals surface area contributed by atoms with Crippen LogP contribution in [0.4, 0.5) is 0 Å². The van der Waals surface area contributed by atoms with Gasteiger partial charge < -0.3 is 10.6 Å². The van der Waals surface area contributed by atoms with Crippen LogP contribution in [0.1, 0.15) is 17.0 Å². The summed E-state index contributed by atoms with van der Waals surface area (Å²) in [4.78, 5) is 2.82. The summed E-state index contributed by atoms with van der Waals surface area (Å²) in [7, 11) is 2.10. The molecule has 0 fully saturated rings. The lowest BCUT2D eigenvalue weighted by atomic mass is 9.98. The van der Waals surface area contributed by atoms with Gasteiger partial charge in [-0.3, -0.25) is 0 Å². The molecule has 0 radical (unpaired) electrons. The molecule has 0 amide bonds. The number of hydrogen-bond donors (Lipinski definition) is 1. The molecule has 2 rings (SSSR count). The summed E-state index contributed by atoms with van der Waals surface area (Å²) < 4.78 is 0. The zero-order valence-corrected chi connectivity index (χ0v) is 12.6. The highest BCUT2D eigenvalue weighted by atomic mass is 32.1. The summed E-state index contributed by atoms with van der Waals surface area (Å²) in [5, 5.41) is 4.28. The quantitative estimate of drug-likeness (QED) is 0.828. The highest BCUT2D eigenvalue weighted by molar-refractivity contribution is 7.80. The lowest BCUT2D eigenvalue weighted by molar-refractivity contribution is 0.324. The smallest absolute Gasteiger partial charge is 0.0816 e. The van der Waals surface area contributed by atoms with Crippen molar-refractivity contribution in [2.75, 3.05) is 13.6 Å². The van der Waals surface area contributed by atoms with Gasteiger partial charge in [-0.2, -0.15) is 11.3 Å². The van der Waals surface area contributed by atoms with Gasteiger partial charge in [0.05, 0.1) is 4.99 Å². The number of hydrogen-bond acceptors (Lipinski definition) is 3. The van der Waals surface area contributed by atoms with Crippen molar-refractivity contribution in [3.05, 3.63) is 58.3 Å². The molecule has 2 N–H and O–H groups in total. The van der Waals surface area contributed by atoms with Gasteiger partial charge in [-0.1, -0.05) is 42.5 Å². The van der Waals surface area contributed by atoms with Gasteiger partial charge in [0.2, 0.25) is 0 Å². The van der Waals surface area contributed by atoms with Gasteiger partial charge in [-0.25, -0.2) is 0 Å². The normalized spacial score (nSPS) is 12.5. The number of rotatable bonds is 6. The van der Waals surface area contributed by atoms with E-state index in [0.717, 1.165) is 13.1 Å². The third-order valence-electron chi connectivity index (χ3n) is 3.07. The van der Waals surface area contributed by atoms with Gasteiger partial charge in [-0.05, 0) is 35.0 Å². The number of nitrogens with zero attached hydrogens (tertiary/aromatic N) is 1. The van der Waals surface area contributed by atoms with Crippen molar-refractivity contribution in [1.29, 1.82) is 0 Å². The minimum Gasteiger partial charge on any atom is -0.393 e. The minimum atomic E-state index is 0.111. The predicted molar refractivity (Wildman–Crippen MR) is 86.6 cm³/mol. The molecule has 0 aliphatic rings. The Bertz CT molecular complexity index is 508. The molecule has 2 nitrogen and oxygen atoms in total. The van der Waals surface area contributed by atoms with Crippen LogP contribution in [0.3, 0.4) is 0 Å². The van der Waals surface area contributed by atoms with E-state index in [-0.39, 0.29) is 5.92 Å². The monoisotopic (exact) mass is 290 g/mol. The molecule has 0 aliphatic heterocycles. The first-order chi connectivity index (χ1) is 9.16. The van der Waals surface area contributed by atoms with Crippen LogP contribution in [-0.4, -0.2) is 23.5 Å². The molecule has 4 heteroatoms. The van der Waals surface area contributed by atoms with Gasteiger partial charge in [0, 0.05) is 19.0 Å². The third kappa shape index (κ3) is 4.13. The van der Waals surface area contributed by atoms with Gasteiger partial charge >= 0.3 is 0 Å². The highest BCUT2D eigenvalue weighted by Crippen LogP contribution is 2.18. The van der Waals surface area contributed by atoms with E-state index in [9.17, 15) is 0 Å². The molecule has 1 aromatic heterocycles. The average Bonchev–Trinajstić information content (AvgIpc) is 2.89. The molecule has 0 spiro atoms. The Kier molecular flexibility index (Phi) is 5.07. The summed E-state index contributed by atoms with van der Waals surface area (Å²) in [6, 6.07) is 12.4. The maximum atomic E-state index is 5.90. The second-order valence-electron chi connectivity index (χ2n) is 4.69. The molecule has 1 unspecified atom stereocenters. The van der Waals surface area contributed by atoms with Crippen LogP contribution >= 0.6 is 23.6 Å². The van der Waals surface area contributed by atoms with Crippen molar-refractivity contribution < 1.29 is 0 Å². The van der Waals surface area contributed by atoms with Crippen molar-refractivity contribution in [2.24, 2.45) is 5.73 Å². The molecule has 100 valence electrons. The summed E-state index contributed by atoms with van der Waals surface area (Å²) in [5.41, 5.74) is 8.42. The van der Waals surface area contributed by atoms with Crippen molar-refractivity contribution in [1.82, 2.24) is 4.90 Å². The summed E-state index contributed by atoms with van der Waals surface area (Å²) in [6.07, 6.45) is 0. The van der Waals surface area contributed by atoms with Crippen molar-refractivity contribution >= 4 is 28.5 Å². The van der Waals surface area contributed by atoms with E-state index in [4.69, 9.17) is 18.0 Å². The van der Waals surface area contributed by atoms with Crippen LogP contribution in [0.5, 0.6) is 0 Å². The largest absolute Gasteiger partial charge is 0.393 e. The molecule has 1 aromatic carbocycles. The molecule has 0 bridgehead atoms. The molecular formula is C15H18N2S2. The number of thiophene rings is 1. The topological polar surface area (TPSA) is 29.3 Å². The fraction of sp³-hybridized carbons (Fsp3) is 0.267. The number of likely N-dealkylation sites (N-methyl/N-ethyl adjacent to an activating group) is 1. The highest BCUT2D eigenvalue weighted by Gasteiger charge is 2.16. The van der Waals surface area contributed by atoms with Gasteiger partial charge in [0.15, 0.2) is 0 Å². The van der Waals surface area contributed by atoms with Crippen LogP contribution in [0.15, 0.2) is 47.2 Å². The molecule has 0 saturated carbocycles. The van der Waals surface area contributed by atoms with Crippen LogP contribution in [-0.2, 0) is 6.54 Å². The van der Waals surface area contributed by atoms with Crippen LogP contribution < -0.4 is 5.73 Å². The SMILES string of the molecule is CN(Cc1ccsc1)CC(C(N)=S)c1ccccc1. The molecule has 19 heavy (non-hydrogen) atoms. The van der Waals surface area contributed by atoms with Gasteiger partial charge in [0.1, 0.15) is 0 Å². The molecule has 1 atom stereocenters. The minimum absolute atomic E-state index is 0.111. The first-order valence-corrected chi connectivity index (χ1v) is 7.56. The standard InChI is InChI=1S/C15H18N2S2/c1-17(9-12-7-8-19-11-12)10-14(15(16)18)13-5-3-2-4-6-13/h2-8,11,14H,9-10H2,1H3,(H2,16,18). The van der Waals surface area contributed by atoms with E-state index in [1.807, 2.05) is 18.2 Å². The zero-order valence-electron chi connectivity index (χ0n) is 11.0. The Hall–Kier alpha value is -1.23. The number of thiocarbonyl (C=S) groups is 1. The van der Waals surface area contributed by atoms with Crippen molar-refractivity contribution in [3.63, 3.8) is 0 Å². The van der Waals surface area contributed by atoms with E-state index in [0.29, 0.717) is 4.99 Å². The second-order valence-corrected chi connectivity index (χ2v) is 5.95.